The highest BCUT2D eigenvalue weighted by Crippen LogP contribution is 2.63. The van der Waals surface area contributed by atoms with Gasteiger partial charge in [0.15, 0.2) is 0 Å². The normalized spacial score (nSPS) is 17.8. The van der Waals surface area contributed by atoms with Crippen LogP contribution in [0.4, 0.5) is 11.4 Å². The number of nitrogens with zero attached hydrogens (tertiary/aromatic N) is 1. The highest BCUT2D eigenvalue weighted by atomic mass is 15.1. The Morgan fingerprint density at radius 2 is 1.20 bits per heavy atom. The first kappa shape index (κ1) is 39.8. The maximum atomic E-state index is 4.49. The first-order chi connectivity index (χ1) is 32.6. The Kier molecular flexibility index (Phi) is 9.87. The zero-order valence-electron chi connectivity index (χ0n) is 37.3. The van der Waals surface area contributed by atoms with Crippen LogP contribution in [0.5, 0.6) is 0 Å². The number of anilines is 2. The van der Waals surface area contributed by atoms with Gasteiger partial charge in [-0.1, -0.05) is 189 Å². The summed E-state index contributed by atoms with van der Waals surface area (Å²) in [7, 11) is 0. The van der Waals surface area contributed by atoms with Gasteiger partial charge in [-0.2, -0.15) is 0 Å². The minimum atomic E-state index is -0.529. The Morgan fingerprint density at radius 3 is 1.98 bits per heavy atom. The van der Waals surface area contributed by atoms with Crippen LogP contribution in [0.25, 0.3) is 56.2 Å². The topological polar surface area (TPSA) is 3.24 Å². The van der Waals surface area contributed by atoms with Crippen LogP contribution in [-0.4, -0.2) is 0 Å². The number of benzene rings is 7. The first-order valence-electron chi connectivity index (χ1n) is 23.7. The third-order valence-corrected chi connectivity index (χ3v) is 14.7. The van der Waals surface area contributed by atoms with Crippen molar-refractivity contribution >= 4 is 34.2 Å². The number of rotatable bonds is 9. The van der Waals surface area contributed by atoms with Gasteiger partial charge in [-0.25, -0.2) is 0 Å². The smallest absolute Gasteiger partial charge is 0.0726 e. The summed E-state index contributed by atoms with van der Waals surface area (Å²) in [6, 6.07) is 61.2. The highest BCUT2D eigenvalue weighted by Gasteiger charge is 2.51. The molecule has 0 aromatic heterocycles. The van der Waals surface area contributed by atoms with Crippen molar-refractivity contribution in [1.82, 2.24) is 0 Å². The third-order valence-electron chi connectivity index (χ3n) is 14.7. The second kappa shape index (κ2) is 16.4. The molecule has 5 aliphatic rings. The van der Waals surface area contributed by atoms with Crippen LogP contribution < -0.4 is 15.3 Å². The molecule has 0 amide bonds. The SMILES string of the molecule is C=CC1=C(C=C)C2(c3ccccc31)c1ccccc1-c1ccc(N(C3=CC=C(C4=c5ccccc5=CCC4)CC3)c3ccc(-c4cccc(C5=CCCC=C5)c4)c(-c4ccccc4)c3)cc12. The average Bonchev–Trinajstić information content (AvgIpc) is 3.85. The van der Waals surface area contributed by atoms with E-state index in [9.17, 15) is 0 Å². The fourth-order valence-electron chi connectivity index (χ4n) is 11.8. The largest absolute Gasteiger partial charge is 0.314 e. The fourth-order valence-corrected chi connectivity index (χ4v) is 11.8. The molecule has 12 rings (SSSR count). The monoisotopic (exact) mass is 845 g/mol. The maximum absolute atomic E-state index is 4.49. The molecular weight excluding hydrogens is 795 g/mol. The van der Waals surface area contributed by atoms with Crippen molar-refractivity contribution in [2.24, 2.45) is 0 Å². The van der Waals surface area contributed by atoms with E-state index in [1.165, 1.54) is 99.6 Å². The highest BCUT2D eigenvalue weighted by molar-refractivity contribution is 5.99. The molecule has 0 aliphatic heterocycles. The molecule has 0 saturated carbocycles. The van der Waals surface area contributed by atoms with Crippen molar-refractivity contribution in [3.8, 4) is 33.4 Å². The van der Waals surface area contributed by atoms with Gasteiger partial charge in [-0.05, 0) is 174 Å². The Bertz CT molecular complexity index is 3460. The van der Waals surface area contributed by atoms with Gasteiger partial charge >= 0.3 is 0 Å². The van der Waals surface area contributed by atoms with Gasteiger partial charge in [0.05, 0.1) is 5.41 Å². The van der Waals surface area contributed by atoms with Crippen molar-refractivity contribution in [3.63, 3.8) is 0 Å². The van der Waals surface area contributed by atoms with Gasteiger partial charge in [0.25, 0.3) is 0 Å². The quantitative estimate of drug-likeness (QED) is 0.140. The summed E-state index contributed by atoms with van der Waals surface area (Å²) in [6.45, 7) is 8.85. The molecule has 1 atom stereocenters. The zero-order chi connectivity index (χ0) is 44.2. The van der Waals surface area contributed by atoms with Gasteiger partial charge in [-0.3, -0.25) is 0 Å². The Balaban J connectivity index is 1.08. The molecule has 0 N–H and O–H groups in total. The molecule has 0 bridgehead atoms. The van der Waals surface area contributed by atoms with Crippen LogP contribution in [-0.2, 0) is 5.41 Å². The van der Waals surface area contributed by atoms with Crippen molar-refractivity contribution in [3.05, 3.63) is 275 Å². The molecule has 1 unspecified atom stereocenters. The lowest BCUT2D eigenvalue weighted by Gasteiger charge is -2.34. The van der Waals surface area contributed by atoms with Gasteiger partial charge in [0, 0.05) is 17.1 Å². The standard InChI is InChI=1S/C65H51N/c1-3-53-57-28-13-15-31-62(57)65(61(53)4-2)63-32-16-14-29-58(63)59-40-38-52(43-64(59)65)66(50-35-33-47(34-36-50)55-30-18-24-45-23-11-12-27-54(45)55)51-37-39-56(60(42-51)46-21-9-6-10-22-46)49-26-17-25-48(41-49)44-19-7-5-8-20-44/h3-4,6-7,9-17,19-29,31-33,35,37-43H,1-2,5,8,18,30,34,36H2. The van der Waals surface area contributed by atoms with E-state index < -0.39 is 5.41 Å². The van der Waals surface area contributed by atoms with E-state index >= 15 is 0 Å². The molecule has 0 fully saturated rings. The van der Waals surface area contributed by atoms with E-state index in [1.54, 1.807) is 0 Å². The predicted molar refractivity (Wildman–Crippen MR) is 280 cm³/mol. The summed E-state index contributed by atoms with van der Waals surface area (Å²) in [4.78, 5) is 2.55. The molecule has 0 saturated heterocycles. The van der Waals surface area contributed by atoms with Crippen molar-refractivity contribution in [2.75, 3.05) is 4.90 Å². The lowest BCUT2D eigenvalue weighted by atomic mass is 9.69. The van der Waals surface area contributed by atoms with Gasteiger partial charge in [-0.15, -0.1) is 0 Å². The molecule has 1 heteroatoms. The molecule has 66 heavy (non-hydrogen) atoms. The molecule has 1 nitrogen and oxygen atoms in total. The van der Waals surface area contributed by atoms with Crippen LogP contribution in [0.1, 0.15) is 66.3 Å². The summed E-state index contributed by atoms with van der Waals surface area (Å²) < 4.78 is 0. The van der Waals surface area contributed by atoms with E-state index in [4.69, 9.17) is 0 Å². The van der Waals surface area contributed by atoms with E-state index in [0.717, 1.165) is 55.5 Å². The van der Waals surface area contributed by atoms with Crippen LogP contribution in [0.15, 0.2) is 236 Å². The predicted octanol–water partition coefficient (Wildman–Crippen LogP) is 15.4. The van der Waals surface area contributed by atoms with Gasteiger partial charge in [0.1, 0.15) is 0 Å². The fraction of sp³-hybridized carbons (Fsp3) is 0.108. The average molecular weight is 846 g/mol. The molecule has 7 aromatic rings. The Hall–Kier alpha value is -7.74. The maximum Gasteiger partial charge on any atom is 0.0726 e. The number of hydrogen-bond donors (Lipinski definition) is 0. The number of fused-ring (bicyclic) bond motifs is 8. The van der Waals surface area contributed by atoms with Crippen molar-refractivity contribution in [1.29, 1.82) is 0 Å². The minimum Gasteiger partial charge on any atom is -0.314 e. The van der Waals surface area contributed by atoms with E-state index in [0.29, 0.717) is 0 Å². The summed E-state index contributed by atoms with van der Waals surface area (Å²) in [6.07, 6.45) is 24.5. The van der Waals surface area contributed by atoms with Crippen molar-refractivity contribution in [2.45, 2.75) is 43.9 Å². The summed E-state index contributed by atoms with van der Waals surface area (Å²) in [5.41, 5.74) is 23.4. The summed E-state index contributed by atoms with van der Waals surface area (Å²) in [5.74, 6) is 0. The molecule has 1 spiro atoms. The first-order valence-corrected chi connectivity index (χ1v) is 23.7. The van der Waals surface area contributed by atoms with Crippen LogP contribution in [0.2, 0.25) is 0 Å². The number of hydrogen-bond acceptors (Lipinski definition) is 1. The lowest BCUT2D eigenvalue weighted by Crippen LogP contribution is -2.30. The molecule has 0 radical (unpaired) electrons. The Morgan fingerprint density at radius 1 is 0.485 bits per heavy atom. The van der Waals surface area contributed by atoms with E-state index in [-0.39, 0.29) is 0 Å². The van der Waals surface area contributed by atoms with Crippen LogP contribution in [0, 0.1) is 0 Å². The molecule has 0 heterocycles. The van der Waals surface area contributed by atoms with Crippen LogP contribution in [0.3, 0.4) is 0 Å². The molecular formula is C65H51N. The summed E-state index contributed by atoms with van der Waals surface area (Å²) >= 11 is 0. The lowest BCUT2D eigenvalue weighted by molar-refractivity contribution is 0.786. The second-order valence-electron chi connectivity index (χ2n) is 18.1. The molecule has 316 valence electrons. The minimum absolute atomic E-state index is 0.529. The van der Waals surface area contributed by atoms with Gasteiger partial charge < -0.3 is 4.90 Å². The third kappa shape index (κ3) is 6.29. The van der Waals surface area contributed by atoms with Gasteiger partial charge in [0.2, 0.25) is 0 Å². The molecule has 7 aromatic carbocycles. The number of allylic oxidation sites excluding steroid dienone is 12. The summed E-state index contributed by atoms with van der Waals surface area (Å²) in [5, 5.41) is 2.74. The van der Waals surface area contributed by atoms with E-state index in [1.807, 2.05) is 6.08 Å². The second-order valence-corrected chi connectivity index (χ2v) is 18.1. The molecule has 5 aliphatic carbocycles. The van der Waals surface area contributed by atoms with Crippen LogP contribution >= 0.6 is 0 Å². The zero-order valence-corrected chi connectivity index (χ0v) is 37.3. The van der Waals surface area contributed by atoms with E-state index in [2.05, 4.69) is 224 Å². The Labute approximate surface area is 389 Å². The van der Waals surface area contributed by atoms with Crippen molar-refractivity contribution < 1.29 is 0 Å².